The average molecular weight is 613 g/mol. The van der Waals surface area contributed by atoms with Crippen molar-refractivity contribution in [3.05, 3.63) is 144 Å². The molecule has 10 saturated heterocycles. The quantitative estimate of drug-likeness (QED) is 0.123. The van der Waals surface area contributed by atoms with E-state index in [0.29, 0.717) is 0 Å². The molecule has 0 nitrogen and oxygen atoms in total. The van der Waals surface area contributed by atoms with Gasteiger partial charge >= 0.3 is 238 Å². The van der Waals surface area contributed by atoms with Crippen LogP contribution in [0.5, 0.6) is 0 Å². The average Bonchev–Trinajstić information content (AvgIpc) is 3.97. The van der Waals surface area contributed by atoms with E-state index >= 15 is 0 Å². The van der Waals surface area contributed by atoms with Crippen LogP contribution in [0.3, 0.4) is 0 Å². The standard InChI is InChI=1S/C33H31P2.C5H5.Ni/c1-5-14-28(15-6-1)24-34(25-29-16-7-2-8-17-29)32-22-13-23-33(32)35(26-30-18-9-3-10-19-30)27-31-20-11-4-12-21-31;1-2-4-5-3-1;/h1-23H,24-27H2;1-5H;. The first-order valence-electron chi connectivity index (χ1n) is 15.7. The Morgan fingerprint density at radius 3 is 0.878 bits per heavy atom. The van der Waals surface area contributed by atoms with Gasteiger partial charge in [0.2, 0.25) is 0 Å². The molecule has 208 valence electrons. The van der Waals surface area contributed by atoms with E-state index in [1.165, 1.54) is 63.8 Å². The van der Waals surface area contributed by atoms with E-state index in [1.54, 1.807) is 22.3 Å². The van der Waals surface area contributed by atoms with Crippen molar-refractivity contribution in [1.29, 1.82) is 0 Å². The van der Waals surface area contributed by atoms with Crippen LogP contribution >= 0.6 is 15.8 Å². The Hall–Kier alpha value is -1.77. The van der Waals surface area contributed by atoms with Crippen molar-refractivity contribution in [3.63, 3.8) is 0 Å². The summed E-state index contributed by atoms with van der Waals surface area (Å²) in [6.45, 7) is 0. The van der Waals surface area contributed by atoms with E-state index in [-0.39, 0.29) is 15.8 Å². The van der Waals surface area contributed by atoms with E-state index in [0.717, 1.165) is 8.25 Å². The summed E-state index contributed by atoms with van der Waals surface area (Å²) >= 11 is 0. The Labute approximate surface area is 236 Å². The van der Waals surface area contributed by atoms with E-state index < -0.39 is 6.23 Å². The number of benzene rings is 4. The SMILES string of the molecule is c1ccc(CP(Cc2ccccc2)[C]23[CH]4[CH]5[CH]6[C]2(P(Cc2ccccc2)Cc2ccccc2)[Ni]54632789[CH]3[CH]2[CH]7[CH]8[CH]39)cc1. The van der Waals surface area contributed by atoms with Crippen molar-refractivity contribution in [3.8, 4) is 0 Å². The van der Waals surface area contributed by atoms with Gasteiger partial charge in [0.25, 0.3) is 0 Å². The molecule has 0 aromatic heterocycles. The molecule has 10 aliphatic rings. The molecule has 0 aliphatic carbocycles. The first-order chi connectivity index (χ1) is 20.0. The van der Waals surface area contributed by atoms with Crippen LogP contribution in [0.1, 0.15) is 22.3 Å². The molecule has 4 aromatic carbocycles. The van der Waals surface area contributed by atoms with Gasteiger partial charge in [-0.2, -0.15) is 0 Å². The summed E-state index contributed by atoms with van der Waals surface area (Å²) in [7, 11) is -0.101. The van der Waals surface area contributed by atoms with E-state index in [2.05, 4.69) is 121 Å². The van der Waals surface area contributed by atoms with Gasteiger partial charge in [-0.3, -0.25) is 0 Å². The van der Waals surface area contributed by atoms with Crippen molar-refractivity contribution in [2.45, 2.75) is 72.0 Å². The Morgan fingerprint density at radius 2 is 0.659 bits per heavy atom. The molecule has 4 atom stereocenters. The third-order valence-electron chi connectivity index (χ3n) is 19.0. The summed E-state index contributed by atoms with van der Waals surface area (Å²) in [5, 5.41) is 0. The molecular weight excluding hydrogens is 577 g/mol. The van der Waals surface area contributed by atoms with Gasteiger partial charge in [0.05, 0.1) is 0 Å². The maximum absolute atomic E-state index is 3.46. The third kappa shape index (κ3) is 0.617. The summed E-state index contributed by atoms with van der Waals surface area (Å²) < 4.78 is 1.76. The number of hydrogen-bond acceptors (Lipinski definition) is 0. The van der Waals surface area contributed by atoms with Gasteiger partial charge in [-0.15, -0.1) is 0 Å². The topological polar surface area (TPSA) is 0 Å². The fourth-order valence-electron chi connectivity index (χ4n) is 20.0. The van der Waals surface area contributed by atoms with Crippen LogP contribution in [0.4, 0.5) is 0 Å². The van der Waals surface area contributed by atoms with Crippen molar-refractivity contribution < 1.29 is 6.23 Å². The second-order valence-electron chi connectivity index (χ2n) is 16.5. The zero-order chi connectivity index (χ0) is 26.4. The molecular formula is C38H36NiP2. The van der Waals surface area contributed by atoms with Crippen molar-refractivity contribution in [2.75, 3.05) is 0 Å². The van der Waals surface area contributed by atoms with Crippen molar-refractivity contribution in [2.24, 2.45) is 0 Å². The van der Waals surface area contributed by atoms with E-state index in [1.807, 2.05) is 0 Å². The summed E-state index contributed by atoms with van der Waals surface area (Å²) in [4.78, 5) is 10.7. The monoisotopic (exact) mass is 612 g/mol. The van der Waals surface area contributed by atoms with Crippen LogP contribution in [0, 0.1) is 0 Å². The van der Waals surface area contributed by atoms with Crippen LogP contribution in [0.15, 0.2) is 121 Å². The molecule has 0 bridgehead atoms. The van der Waals surface area contributed by atoms with Crippen molar-refractivity contribution in [1.82, 2.24) is 0 Å². The van der Waals surface area contributed by atoms with Crippen LogP contribution in [0.25, 0.3) is 0 Å². The predicted octanol–water partition coefficient (Wildman–Crippen LogP) is 11.0. The predicted molar refractivity (Wildman–Crippen MR) is 170 cm³/mol. The zero-order valence-corrected chi connectivity index (χ0v) is 26.0. The Kier molecular flexibility index (Phi) is 1.85. The molecule has 10 heterocycles. The van der Waals surface area contributed by atoms with Gasteiger partial charge in [-0.25, -0.2) is 0 Å². The molecule has 4 unspecified atom stereocenters. The first kappa shape index (κ1) is 21.0. The number of fused-ring (bicyclic) bond motifs is 10. The molecule has 0 radical (unpaired) electrons. The second kappa shape index (κ2) is 3.61. The van der Waals surface area contributed by atoms with Gasteiger partial charge < -0.3 is 0 Å². The second-order valence-corrected chi connectivity index (χ2v) is 42.8. The molecule has 14 rings (SSSR count). The van der Waals surface area contributed by atoms with E-state index in [9.17, 15) is 0 Å². The molecule has 0 saturated carbocycles. The minimum absolute atomic E-state index is 0.0503. The summed E-state index contributed by atoms with van der Waals surface area (Å²) in [5.41, 5.74) is 6.59. The normalized spacial score (nSPS) is 58.1. The molecule has 10 fully saturated rings. The van der Waals surface area contributed by atoms with Gasteiger partial charge in [0.15, 0.2) is 0 Å². The fraction of sp³-hybridized carbons (Fsp3) is 0.368. The summed E-state index contributed by atoms with van der Waals surface area (Å²) in [5.74, 6) is 0. The van der Waals surface area contributed by atoms with Gasteiger partial charge in [0.1, 0.15) is 0 Å². The van der Waals surface area contributed by atoms with Crippen LogP contribution in [-0.2, 0) is 30.9 Å². The first-order valence-corrected chi connectivity index (χ1v) is 24.7. The zero-order valence-electron chi connectivity index (χ0n) is 23.2. The van der Waals surface area contributed by atoms with Gasteiger partial charge in [-0.1, -0.05) is 0 Å². The maximum atomic E-state index is 2.48. The molecule has 0 amide bonds. The Bertz CT molecular complexity index is 1970. The molecule has 1 spiro atoms. The molecule has 4 aromatic rings. The number of rotatable bonds is 10. The van der Waals surface area contributed by atoms with E-state index in [4.69, 9.17) is 0 Å². The minimum atomic E-state index is -3.46. The number of hydrogen-bond donors (Lipinski definition) is 0. The Morgan fingerprint density at radius 1 is 0.390 bits per heavy atom. The molecule has 10 aliphatic heterocycles. The van der Waals surface area contributed by atoms with Gasteiger partial charge in [-0.05, 0) is 0 Å². The van der Waals surface area contributed by atoms with Crippen LogP contribution < -0.4 is 0 Å². The molecule has 41 heavy (non-hydrogen) atoms. The summed E-state index contributed by atoms with van der Waals surface area (Å²) in [6.07, 6.45) is 2.13. The summed E-state index contributed by atoms with van der Waals surface area (Å²) in [6, 6.07) is 47.3. The molecule has 0 N–H and O–H groups in total. The van der Waals surface area contributed by atoms with Crippen LogP contribution in [0.2, 0.25) is 39.1 Å². The molecule has 3 heteroatoms. The van der Waals surface area contributed by atoms with Crippen molar-refractivity contribution >= 4 is 15.8 Å². The Balaban J connectivity index is 1.02. The van der Waals surface area contributed by atoms with Crippen LogP contribution in [-0.4, -0.2) is 8.25 Å². The third-order valence-corrected chi connectivity index (χ3v) is 71.3. The van der Waals surface area contributed by atoms with Gasteiger partial charge in [0, 0.05) is 0 Å². The fourth-order valence-corrected chi connectivity index (χ4v) is 116.